The van der Waals surface area contributed by atoms with Crippen molar-refractivity contribution in [2.45, 2.75) is 24.3 Å². The number of aryl methyl sites for hydroxylation is 1. The van der Waals surface area contributed by atoms with Crippen LogP contribution in [0.5, 0.6) is 0 Å². The first kappa shape index (κ1) is 18.3. The first-order valence-electron chi connectivity index (χ1n) is 8.46. The van der Waals surface area contributed by atoms with Crippen LogP contribution in [0.3, 0.4) is 0 Å². The van der Waals surface area contributed by atoms with E-state index in [9.17, 15) is 8.78 Å². The summed E-state index contributed by atoms with van der Waals surface area (Å²) in [5, 5.41) is 12.5. The topological polar surface area (TPSA) is 69.6 Å². The monoisotopic (exact) mass is 399 g/mol. The van der Waals surface area contributed by atoms with Crippen LogP contribution in [0, 0.1) is 18.6 Å². The Hall–Kier alpha value is -3.07. The van der Waals surface area contributed by atoms with Crippen molar-refractivity contribution in [1.82, 2.24) is 24.9 Å². The van der Waals surface area contributed by atoms with E-state index >= 15 is 0 Å². The van der Waals surface area contributed by atoms with E-state index in [0.717, 1.165) is 11.6 Å². The van der Waals surface area contributed by atoms with Crippen LogP contribution < -0.4 is 0 Å². The van der Waals surface area contributed by atoms with Crippen molar-refractivity contribution in [3.63, 3.8) is 0 Å². The van der Waals surface area contributed by atoms with E-state index in [-0.39, 0.29) is 10.9 Å². The number of benzene rings is 2. The summed E-state index contributed by atoms with van der Waals surface area (Å²) >= 11 is 1.29. The van der Waals surface area contributed by atoms with E-state index in [2.05, 4.69) is 20.3 Å². The van der Waals surface area contributed by atoms with Crippen LogP contribution in [-0.4, -0.2) is 24.9 Å². The highest BCUT2D eigenvalue weighted by atomic mass is 32.2. The van der Waals surface area contributed by atoms with Crippen LogP contribution >= 0.6 is 11.8 Å². The summed E-state index contributed by atoms with van der Waals surface area (Å²) in [5.41, 5.74) is 0.911. The van der Waals surface area contributed by atoms with E-state index in [1.807, 2.05) is 37.3 Å². The minimum absolute atomic E-state index is 0.154. The molecule has 4 rings (SSSR count). The Labute approximate surface area is 163 Å². The van der Waals surface area contributed by atoms with Gasteiger partial charge < -0.3 is 4.52 Å². The highest BCUT2D eigenvalue weighted by Gasteiger charge is 2.23. The molecule has 1 atom stereocenters. The maximum absolute atomic E-state index is 14.6. The predicted octanol–water partition coefficient (Wildman–Crippen LogP) is 4.76. The molecule has 0 amide bonds. The normalized spacial score (nSPS) is 12.3. The first-order chi connectivity index (χ1) is 13.5. The molecule has 2 aromatic heterocycles. The molecule has 0 fully saturated rings. The number of halogens is 2. The van der Waals surface area contributed by atoms with E-state index in [1.54, 1.807) is 11.5 Å². The van der Waals surface area contributed by atoms with Crippen LogP contribution in [0.1, 0.15) is 23.9 Å². The molecule has 0 aliphatic rings. The molecule has 0 saturated carbocycles. The molecule has 0 saturated heterocycles. The molecule has 142 valence electrons. The van der Waals surface area contributed by atoms with Crippen LogP contribution in [0.2, 0.25) is 0 Å². The SMILES string of the molecule is Cc1noc([C@@H](C)Sc2nnc(-c3ccccc3)n2-c2ccc(F)cc2F)n1. The first-order valence-corrected chi connectivity index (χ1v) is 9.34. The average Bonchev–Trinajstić information content (AvgIpc) is 3.29. The van der Waals surface area contributed by atoms with Gasteiger partial charge in [0.15, 0.2) is 16.8 Å². The predicted molar refractivity (Wildman–Crippen MR) is 100 cm³/mol. The molecule has 2 heterocycles. The van der Waals surface area contributed by atoms with Crippen molar-refractivity contribution in [1.29, 1.82) is 0 Å². The molecule has 0 N–H and O–H groups in total. The summed E-state index contributed by atoms with van der Waals surface area (Å²) in [5.74, 6) is 0.0403. The summed E-state index contributed by atoms with van der Waals surface area (Å²) in [6.45, 7) is 3.61. The third-order valence-electron chi connectivity index (χ3n) is 3.99. The molecule has 0 bridgehead atoms. The zero-order chi connectivity index (χ0) is 19.7. The molecule has 0 unspecified atom stereocenters. The number of hydrogen-bond donors (Lipinski definition) is 0. The molecule has 2 aromatic carbocycles. The van der Waals surface area contributed by atoms with Crippen molar-refractivity contribution >= 4 is 11.8 Å². The van der Waals surface area contributed by atoms with E-state index in [0.29, 0.717) is 22.7 Å². The second-order valence-electron chi connectivity index (χ2n) is 6.04. The molecular formula is C19H15F2N5OS. The Kier molecular flexibility index (Phi) is 4.91. The molecule has 4 aromatic rings. The van der Waals surface area contributed by atoms with Crippen molar-refractivity contribution in [3.8, 4) is 17.1 Å². The van der Waals surface area contributed by atoms with Gasteiger partial charge in [0.1, 0.15) is 11.6 Å². The fraction of sp³-hybridized carbons (Fsp3) is 0.158. The van der Waals surface area contributed by atoms with Crippen LogP contribution in [-0.2, 0) is 0 Å². The lowest BCUT2D eigenvalue weighted by Crippen LogP contribution is -2.04. The summed E-state index contributed by atoms with van der Waals surface area (Å²) < 4.78 is 34.8. The molecule has 28 heavy (non-hydrogen) atoms. The van der Waals surface area contributed by atoms with E-state index in [4.69, 9.17) is 4.52 Å². The smallest absolute Gasteiger partial charge is 0.239 e. The number of thioether (sulfide) groups is 1. The molecule has 0 radical (unpaired) electrons. The zero-order valence-electron chi connectivity index (χ0n) is 15.0. The van der Waals surface area contributed by atoms with Gasteiger partial charge in [0, 0.05) is 11.6 Å². The van der Waals surface area contributed by atoms with Gasteiger partial charge in [-0.05, 0) is 26.0 Å². The highest BCUT2D eigenvalue weighted by molar-refractivity contribution is 7.99. The average molecular weight is 399 g/mol. The third-order valence-corrected chi connectivity index (χ3v) is 5.02. The lowest BCUT2D eigenvalue weighted by molar-refractivity contribution is 0.376. The zero-order valence-corrected chi connectivity index (χ0v) is 15.8. The fourth-order valence-electron chi connectivity index (χ4n) is 2.69. The molecular weight excluding hydrogens is 384 g/mol. The van der Waals surface area contributed by atoms with Crippen LogP contribution in [0.4, 0.5) is 8.78 Å². The van der Waals surface area contributed by atoms with Gasteiger partial charge in [-0.15, -0.1) is 10.2 Å². The second-order valence-corrected chi connectivity index (χ2v) is 7.35. The van der Waals surface area contributed by atoms with E-state index in [1.165, 1.54) is 23.9 Å². The van der Waals surface area contributed by atoms with Gasteiger partial charge in [-0.1, -0.05) is 47.3 Å². The van der Waals surface area contributed by atoms with Crippen molar-refractivity contribution in [2.75, 3.05) is 0 Å². The molecule has 0 spiro atoms. The van der Waals surface area contributed by atoms with Gasteiger partial charge in [0.25, 0.3) is 0 Å². The molecule has 0 aliphatic heterocycles. The quantitative estimate of drug-likeness (QED) is 0.451. The van der Waals surface area contributed by atoms with Crippen molar-refractivity contribution in [2.24, 2.45) is 0 Å². The molecule has 9 heteroatoms. The Morgan fingerprint density at radius 2 is 1.86 bits per heavy atom. The van der Waals surface area contributed by atoms with Gasteiger partial charge in [-0.25, -0.2) is 8.78 Å². The van der Waals surface area contributed by atoms with Crippen molar-refractivity contribution in [3.05, 3.63) is 71.9 Å². The third kappa shape index (κ3) is 3.53. The Morgan fingerprint density at radius 1 is 1.07 bits per heavy atom. The second kappa shape index (κ2) is 7.51. The highest BCUT2D eigenvalue weighted by Crippen LogP contribution is 2.36. The standard InChI is InChI=1S/C19H15F2N5OS/c1-11(18-22-12(2)25-27-18)28-19-24-23-17(13-6-4-3-5-7-13)26(19)16-9-8-14(20)10-15(16)21/h3-11H,1-2H3/t11-/m1/s1. The fourth-order valence-corrected chi connectivity index (χ4v) is 3.58. The van der Waals surface area contributed by atoms with Crippen molar-refractivity contribution < 1.29 is 13.3 Å². The Bertz CT molecular complexity index is 1110. The summed E-state index contributed by atoms with van der Waals surface area (Å²) in [6.07, 6.45) is 0. The molecule has 0 aliphatic carbocycles. The summed E-state index contributed by atoms with van der Waals surface area (Å²) in [6, 6.07) is 12.7. The number of nitrogens with zero attached hydrogens (tertiary/aromatic N) is 5. The number of aromatic nitrogens is 5. The summed E-state index contributed by atoms with van der Waals surface area (Å²) in [4.78, 5) is 4.22. The lowest BCUT2D eigenvalue weighted by Gasteiger charge is -2.12. The van der Waals surface area contributed by atoms with E-state index < -0.39 is 11.6 Å². The van der Waals surface area contributed by atoms with Crippen LogP contribution in [0.25, 0.3) is 17.1 Å². The van der Waals surface area contributed by atoms with Crippen LogP contribution in [0.15, 0.2) is 58.2 Å². The van der Waals surface area contributed by atoms with Gasteiger partial charge in [0.05, 0.1) is 10.9 Å². The largest absolute Gasteiger partial charge is 0.338 e. The van der Waals surface area contributed by atoms with Gasteiger partial charge >= 0.3 is 0 Å². The lowest BCUT2D eigenvalue weighted by atomic mass is 10.2. The minimum Gasteiger partial charge on any atom is -0.338 e. The Balaban J connectivity index is 1.81. The maximum atomic E-state index is 14.6. The van der Waals surface area contributed by atoms with Gasteiger partial charge in [0.2, 0.25) is 5.89 Å². The maximum Gasteiger partial charge on any atom is 0.239 e. The Morgan fingerprint density at radius 3 is 2.54 bits per heavy atom. The number of hydrogen-bond acceptors (Lipinski definition) is 6. The van der Waals surface area contributed by atoms with Gasteiger partial charge in [-0.3, -0.25) is 4.57 Å². The molecule has 6 nitrogen and oxygen atoms in total. The van der Waals surface area contributed by atoms with Gasteiger partial charge in [-0.2, -0.15) is 4.98 Å². The minimum atomic E-state index is -0.708. The number of rotatable bonds is 5. The summed E-state index contributed by atoms with van der Waals surface area (Å²) in [7, 11) is 0.